The first-order valence-electron chi connectivity index (χ1n) is 7.18. The third-order valence-electron chi connectivity index (χ3n) is 3.67. The van der Waals surface area contributed by atoms with E-state index in [0.717, 1.165) is 10.9 Å². The van der Waals surface area contributed by atoms with Crippen molar-refractivity contribution < 1.29 is 0 Å². The average molecular weight is 266 g/mol. The Bertz CT molecular complexity index is 316. The van der Waals surface area contributed by atoms with Crippen LogP contribution in [0.15, 0.2) is 24.3 Å². The largest absolute Gasteiger partial charge is 0.303 e. The number of hydrogen-bond donors (Lipinski definition) is 0. The van der Waals surface area contributed by atoms with E-state index in [2.05, 4.69) is 4.90 Å². The van der Waals surface area contributed by atoms with Gasteiger partial charge < -0.3 is 4.90 Å². The molecular formula is C16H24ClN. The lowest BCUT2D eigenvalue weighted by Crippen LogP contribution is -2.31. The van der Waals surface area contributed by atoms with E-state index >= 15 is 0 Å². The van der Waals surface area contributed by atoms with Gasteiger partial charge in [-0.2, -0.15) is 0 Å². The first kappa shape index (κ1) is 13.9. The molecule has 0 spiro atoms. The number of hydrogen-bond acceptors (Lipinski definition) is 1. The van der Waals surface area contributed by atoms with Crippen molar-refractivity contribution in [2.24, 2.45) is 5.92 Å². The third-order valence-corrected chi connectivity index (χ3v) is 3.92. The zero-order valence-electron chi connectivity index (χ0n) is 11.4. The first-order valence-corrected chi connectivity index (χ1v) is 7.56. The summed E-state index contributed by atoms with van der Waals surface area (Å²) in [6.45, 7) is 6.23. The summed E-state index contributed by atoms with van der Waals surface area (Å²) < 4.78 is 0. The maximum absolute atomic E-state index is 5.61. The van der Waals surface area contributed by atoms with Crippen LogP contribution in [0, 0.1) is 12.8 Å². The molecule has 2 aliphatic rings. The van der Waals surface area contributed by atoms with Crippen LogP contribution in [-0.2, 0) is 0 Å². The topological polar surface area (TPSA) is 3.24 Å². The van der Waals surface area contributed by atoms with E-state index in [0.29, 0.717) is 0 Å². The summed E-state index contributed by atoms with van der Waals surface area (Å²) in [5.74, 6) is 1.10. The minimum Gasteiger partial charge on any atom is -0.303 e. The van der Waals surface area contributed by atoms with Crippen LogP contribution in [0.2, 0.25) is 5.02 Å². The van der Waals surface area contributed by atoms with Gasteiger partial charge in [-0.15, -0.1) is 0 Å². The van der Waals surface area contributed by atoms with Crippen LogP contribution in [0.4, 0.5) is 0 Å². The van der Waals surface area contributed by atoms with Gasteiger partial charge in [-0.3, -0.25) is 0 Å². The second-order valence-electron chi connectivity index (χ2n) is 5.60. The van der Waals surface area contributed by atoms with Gasteiger partial charge in [0, 0.05) is 11.6 Å². The van der Waals surface area contributed by atoms with Crippen molar-refractivity contribution in [3.05, 3.63) is 34.9 Å². The normalized spacial score (nSPS) is 20.1. The molecule has 2 heteroatoms. The number of likely N-dealkylation sites (tertiary alicyclic amines) is 1. The summed E-state index contributed by atoms with van der Waals surface area (Å²) in [6.07, 6.45) is 7.40. The van der Waals surface area contributed by atoms with Crippen LogP contribution in [0.25, 0.3) is 0 Å². The Morgan fingerprint density at radius 1 is 1.06 bits per heavy atom. The van der Waals surface area contributed by atoms with Crippen LogP contribution in [0.5, 0.6) is 0 Å². The Morgan fingerprint density at radius 2 is 1.67 bits per heavy atom. The van der Waals surface area contributed by atoms with Gasteiger partial charge in [0.2, 0.25) is 0 Å². The summed E-state index contributed by atoms with van der Waals surface area (Å²) in [4.78, 5) is 2.65. The predicted molar refractivity (Wildman–Crippen MR) is 79.2 cm³/mol. The standard InChI is InChI=1S/C9H17N.C7H7Cl/c1-2-6-10(7-3-1)8-9-4-5-9;1-6-2-4-7(8)5-3-6/h9H,1-8H2;2-5H,1H3. The van der Waals surface area contributed by atoms with E-state index in [1.54, 1.807) is 0 Å². The molecule has 18 heavy (non-hydrogen) atoms. The molecule has 0 radical (unpaired) electrons. The van der Waals surface area contributed by atoms with Gasteiger partial charge in [0.25, 0.3) is 0 Å². The van der Waals surface area contributed by atoms with Crippen molar-refractivity contribution in [2.45, 2.75) is 39.0 Å². The highest BCUT2D eigenvalue weighted by molar-refractivity contribution is 6.30. The smallest absolute Gasteiger partial charge is 0.0406 e. The Kier molecular flexibility index (Phi) is 5.52. The van der Waals surface area contributed by atoms with E-state index in [4.69, 9.17) is 11.6 Å². The molecule has 1 aromatic rings. The zero-order chi connectivity index (χ0) is 12.8. The molecule has 1 aliphatic heterocycles. The summed E-state index contributed by atoms with van der Waals surface area (Å²) in [5.41, 5.74) is 1.24. The van der Waals surface area contributed by atoms with Crippen LogP contribution < -0.4 is 0 Å². The lowest BCUT2D eigenvalue weighted by atomic mass is 10.1. The molecule has 0 amide bonds. The highest BCUT2D eigenvalue weighted by Gasteiger charge is 2.24. The van der Waals surface area contributed by atoms with Gasteiger partial charge in [-0.1, -0.05) is 35.7 Å². The maximum atomic E-state index is 5.61. The van der Waals surface area contributed by atoms with Gasteiger partial charge in [-0.05, 0) is 63.7 Å². The van der Waals surface area contributed by atoms with Crippen molar-refractivity contribution in [3.8, 4) is 0 Å². The van der Waals surface area contributed by atoms with Crippen molar-refractivity contribution in [2.75, 3.05) is 19.6 Å². The number of piperidine rings is 1. The summed E-state index contributed by atoms with van der Waals surface area (Å²) in [6, 6.07) is 7.75. The second kappa shape index (κ2) is 7.16. The number of nitrogens with zero attached hydrogens (tertiary/aromatic N) is 1. The van der Waals surface area contributed by atoms with Crippen molar-refractivity contribution in [1.82, 2.24) is 4.90 Å². The third kappa shape index (κ3) is 5.41. The number of rotatable bonds is 2. The molecule has 3 rings (SSSR count). The molecule has 1 saturated heterocycles. The fourth-order valence-electron chi connectivity index (χ4n) is 2.34. The molecule has 1 saturated carbocycles. The van der Waals surface area contributed by atoms with Gasteiger partial charge in [0.1, 0.15) is 0 Å². The monoisotopic (exact) mass is 265 g/mol. The quantitative estimate of drug-likeness (QED) is 0.759. The van der Waals surface area contributed by atoms with E-state index in [1.807, 2.05) is 31.2 Å². The SMILES string of the molecule is C1CCN(CC2CC2)CC1.Cc1ccc(Cl)cc1. The van der Waals surface area contributed by atoms with E-state index in [-0.39, 0.29) is 0 Å². The van der Waals surface area contributed by atoms with Crippen molar-refractivity contribution in [3.63, 3.8) is 0 Å². The molecule has 0 bridgehead atoms. The molecule has 100 valence electrons. The van der Waals surface area contributed by atoms with Crippen LogP contribution >= 0.6 is 11.6 Å². The molecule has 2 fully saturated rings. The summed E-state index contributed by atoms with van der Waals surface area (Å²) in [5, 5.41) is 0.801. The molecule has 1 aromatic carbocycles. The maximum Gasteiger partial charge on any atom is 0.0406 e. The minimum atomic E-state index is 0.801. The fraction of sp³-hybridized carbons (Fsp3) is 0.625. The van der Waals surface area contributed by atoms with Gasteiger partial charge in [0.05, 0.1) is 0 Å². The number of halogens is 1. The number of aryl methyl sites for hydroxylation is 1. The Balaban J connectivity index is 0.000000138. The van der Waals surface area contributed by atoms with Crippen LogP contribution in [0.3, 0.4) is 0 Å². The Hall–Kier alpha value is -0.530. The van der Waals surface area contributed by atoms with E-state index in [1.165, 1.54) is 57.3 Å². The Morgan fingerprint density at radius 3 is 2.17 bits per heavy atom. The van der Waals surface area contributed by atoms with Gasteiger partial charge in [-0.25, -0.2) is 0 Å². The molecule has 0 atom stereocenters. The van der Waals surface area contributed by atoms with Gasteiger partial charge >= 0.3 is 0 Å². The zero-order valence-corrected chi connectivity index (χ0v) is 12.1. The van der Waals surface area contributed by atoms with Gasteiger partial charge in [0.15, 0.2) is 0 Å². The van der Waals surface area contributed by atoms with Crippen LogP contribution in [-0.4, -0.2) is 24.5 Å². The molecule has 1 aliphatic carbocycles. The molecular weight excluding hydrogens is 242 g/mol. The molecule has 0 unspecified atom stereocenters. The average Bonchev–Trinajstić information content (AvgIpc) is 3.19. The fourth-order valence-corrected chi connectivity index (χ4v) is 2.47. The summed E-state index contributed by atoms with van der Waals surface area (Å²) >= 11 is 5.61. The molecule has 0 N–H and O–H groups in total. The Labute approximate surface area is 116 Å². The minimum absolute atomic E-state index is 0.801. The van der Waals surface area contributed by atoms with Crippen LogP contribution in [0.1, 0.15) is 37.7 Å². The predicted octanol–water partition coefficient (Wildman–Crippen LogP) is 4.53. The summed E-state index contributed by atoms with van der Waals surface area (Å²) in [7, 11) is 0. The molecule has 1 heterocycles. The van der Waals surface area contributed by atoms with Crippen molar-refractivity contribution in [1.29, 1.82) is 0 Å². The van der Waals surface area contributed by atoms with E-state index < -0.39 is 0 Å². The lowest BCUT2D eigenvalue weighted by Gasteiger charge is -2.26. The van der Waals surface area contributed by atoms with E-state index in [9.17, 15) is 0 Å². The molecule has 1 nitrogen and oxygen atoms in total. The lowest BCUT2D eigenvalue weighted by molar-refractivity contribution is 0.220. The highest BCUT2D eigenvalue weighted by atomic mass is 35.5. The second-order valence-corrected chi connectivity index (χ2v) is 6.04. The van der Waals surface area contributed by atoms with Crippen molar-refractivity contribution >= 4 is 11.6 Å². The molecule has 0 aromatic heterocycles. The first-order chi connectivity index (χ1) is 8.74. The number of benzene rings is 1. The highest BCUT2D eigenvalue weighted by Crippen LogP contribution is 2.30.